The Morgan fingerprint density at radius 2 is 1.80 bits per heavy atom. The average molecular weight is 352 g/mol. The molecule has 0 aliphatic carbocycles. The first-order valence-corrected chi connectivity index (χ1v) is 9.42. The number of rotatable bonds is 5. The minimum absolute atomic E-state index is 0.192. The fourth-order valence-electron chi connectivity index (χ4n) is 3.23. The molecule has 0 aliphatic rings. The molecule has 0 bridgehead atoms. The summed E-state index contributed by atoms with van der Waals surface area (Å²) in [4.78, 5) is 13.9. The van der Waals surface area contributed by atoms with Crippen molar-refractivity contribution < 1.29 is 9.53 Å². The second kappa shape index (κ2) is 7.01. The second-order valence-electron chi connectivity index (χ2n) is 7.03. The standard InChI is InChI=1S/C22H24O2S/c1-15(2)16-9-11-18(12-10-16)22(3,21(23)24-4)14-19-13-17-7-5-6-8-20(17)25-19/h5-13,15H,14H2,1-4H3. The van der Waals surface area contributed by atoms with Crippen molar-refractivity contribution in [2.24, 2.45) is 0 Å². The van der Waals surface area contributed by atoms with Crippen molar-refractivity contribution in [3.63, 3.8) is 0 Å². The van der Waals surface area contributed by atoms with Gasteiger partial charge in [0.25, 0.3) is 0 Å². The lowest BCUT2D eigenvalue weighted by Gasteiger charge is -2.27. The number of benzene rings is 2. The number of carbonyl (C=O) groups is 1. The van der Waals surface area contributed by atoms with E-state index < -0.39 is 5.41 Å². The molecule has 2 aromatic carbocycles. The van der Waals surface area contributed by atoms with Crippen LogP contribution in [0.25, 0.3) is 10.1 Å². The van der Waals surface area contributed by atoms with Crippen LogP contribution in [0.1, 0.15) is 42.7 Å². The predicted molar refractivity (Wildman–Crippen MR) is 105 cm³/mol. The van der Waals surface area contributed by atoms with Gasteiger partial charge in [-0.05, 0) is 41.5 Å². The van der Waals surface area contributed by atoms with Gasteiger partial charge in [-0.1, -0.05) is 56.3 Å². The molecule has 1 heterocycles. The van der Waals surface area contributed by atoms with Crippen LogP contribution < -0.4 is 0 Å². The minimum atomic E-state index is -0.689. The van der Waals surface area contributed by atoms with Crippen molar-refractivity contribution in [2.45, 2.75) is 38.5 Å². The number of hydrogen-bond donors (Lipinski definition) is 0. The first kappa shape index (κ1) is 17.7. The SMILES string of the molecule is COC(=O)C(C)(Cc1cc2ccccc2s1)c1ccc(C(C)C)cc1. The lowest BCUT2D eigenvalue weighted by atomic mass is 9.78. The van der Waals surface area contributed by atoms with Gasteiger partial charge in [0.15, 0.2) is 0 Å². The van der Waals surface area contributed by atoms with Gasteiger partial charge in [-0.15, -0.1) is 11.3 Å². The van der Waals surface area contributed by atoms with Gasteiger partial charge in [0, 0.05) is 16.0 Å². The van der Waals surface area contributed by atoms with E-state index in [1.807, 2.05) is 19.1 Å². The Balaban J connectivity index is 1.99. The Hall–Kier alpha value is -2.13. The fraction of sp³-hybridized carbons (Fsp3) is 0.318. The summed E-state index contributed by atoms with van der Waals surface area (Å²) in [5.74, 6) is 0.281. The highest BCUT2D eigenvalue weighted by atomic mass is 32.1. The van der Waals surface area contributed by atoms with Gasteiger partial charge in [-0.2, -0.15) is 0 Å². The van der Waals surface area contributed by atoms with Crippen molar-refractivity contribution >= 4 is 27.4 Å². The summed E-state index contributed by atoms with van der Waals surface area (Å²) < 4.78 is 6.41. The number of hydrogen-bond acceptors (Lipinski definition) is 3. The van der Waals surface area contributed by atoms with E-state index in [0.29, 0.717) is 12.3 Å². The number of carbonyl (C=O) groups excluding carboxylic acids is 1. The van der Waals surface area contributed by atoms with E-state index in [0.717, 1.165) is 5.56 Å². The van der Waals surface area contributed by atoms with Crippen LogP contribution in [-0.4, -0.2) is 13.1 Å². The number of thiophene rings is 1. The molecule has 3 rings (SSSR count). The van der Waals surface area contributed by atoms with E-state index in [1.165, 1.54) is 27.6 Å². The Bertz CT molecular complexity index is 843. The predicted octanol–water partition coefficient (Wildman–Crippen LogP) is 5.70. The Morgan fingerprint density at radius 1 is 1.12 bits per heavy atom. The molecule has 2 nitrogen and oxygen atoms in total. The van der Waals surface area contributed by atoms with Crippen LogP contribution in [0.2, 0.25) is 0 Å². The number of methoxy groups -OCH3 is 1. The fourth-order valence-corrected chi connectivity index (χ4v) is 4.45. The minimum Gasteiger partial charge on any atom is -0.468 e. The molecule has 3 aromatic rings. The van der Waals surface area contributed by atoms with E-state index in [9.17, 15) is 4.79 Å². The van der Waals surface area contributed by atoms with Gasteiger partial charge >= 0.3 is 5.97 Å². The first-order chi connectivity index (χ1) is 11.9. The monoisotopic (exact) mass is 352 g/mol. The molecule has 0 saturated carbocycles. The number of esters is 1. The zero-order chi connectivity index (χ0) is 18.0. The highest BCUT2D eigenvalue weighted by Crippen LogP contribution is 2.35. The summed E-state index contributed by atoms with van der Waals surface area (Å²) in [6.45, 7) is 6.32. The van der Waals surface area contributed by atoms with E-state index in [1.54, 1.807) is 11.3 Å². The lowest BCUT2D eigenvalue weighted by Crippen LogP contribution is -2.35. The summed E-state index contributed by atoms with van der Waals surface area (Å²) in [6, 6.07) is 18.9. The van der Waals surface area contributed by atoms with Crippen LogP contribution in [0, 0.1) is 0 Å². The van der Waals surface area contributed by atoms with E-state index >= 15 is 0 Å². The lowest BCUT2D eigenvalue weighted by molar-refractivity contribution is -0.146. The highest BCUT2D eigenvalue weighted by molar-refractivity contribution is 7.19. The molecule has 0 aliphatic heterocycles. The molecular weight excluding hydrogens is 328 g/mol. The molecule has 0 amide bonds. The molecule has 3 heteroatoms. The maximum Gasteiger partial charge on any atom is 0.316 e. The smallest absolute Gasteiger partial charge is 0.316 e. The third-order valence-electron chi connectivity index (χ3n) is 4.85. The van der Waals surface area contributed by atoms with E-state index in [2.05, 4.69) is 56.3 Å². The molecule has 0 saturated heterocycles. The number of fused-ring (bicyclic) bond motifs is 1. The van der Waals surface area contributed by atoms with Crippen LogP contribution >= 0.6 is 11.3 Å². The van der Waals surface area contributed by atoms with Gasteiger partial charge in [0.05, 0.1) is 12.5 Å². The molecule has 1 atom stereocenters. The van der Waals surface area contributed by atoms with Gasteiger partial charge in [0.2, 0.25) is 0 Å². The molecule has 1 unspecified atom stereocenters. The van der Waals surface area contributed by atoms with Gasteiger partial charge < -0.3 is 4.74 Å². The van der Waals surface area contributed by atoms with Crippen LogP contribution in [0.15, 0.2) is 54.6 Å². The summed E-state index contributed by atoms with van der Waals surface area (Å²) >= 11 is 1.75. The Morgan fingerprint density at radius 3 is 2.40 bits per heavy atom. The molecular formula is C22H24O2S. The molecule has 0 N–H and O–H groups in total. The van der Waals surface area contributed by atoms with Gasteiger partial charge in [0.1, 0.15) is 0 Å². The number of ether oxygens (including phenoxy) is 1. The molecule has 0 fully saturated rings. The van der Waals surface area contributed by atoms with Gasteiger partial charge in [-0.25, -0.2) is 0 Å². The van der Waals surface area contributed by atoms with Crippen molar-refractivity contribution in [1.29, 1.82) is 0 Å². The quantitative estimate of drug-likeness (QED) is 0.551. The summed E-state index contributed by atoms with van der Waals surface area (Å²) in [5, 5.41) is 1.23. The van der Waals surface area contributed by atoms with E-state index in [-0.39, 0.29) is 5.97 Å². The molecule has 25 heavy (non-hydrogen) atoms. The first-order valence-electron chi connectivity index (χ1n) is 8.60. The van der Waals surface area contributed by atoms with Gasteiger partial charge in [-0.3, -0.25) is 4.79 Å². The molecule has 1 aromatic heterocycles. The zero-order valence-electron chi connectivity index (χ0n) is 15.2. The normalized spacial score (nSPS) is 13.8. The Labute approximate surface area is 153 Å². The van der Waals surface area contributed by atoms with Crippen molar-refractivity contribution in [3.05, 3.63) is 70.6 Å². The van der Waals surface area contributed by atoms with Crippen LogP contribution in [0.3, 0.4) is 0 Å². The largest absolute Gasteiger partial charge is 0.468 e. The van der Waals surface area contributed by atoms with Crippen LogP contribution in [-0.2, 0) is 21.4 Å². The third kappa shape index (κ3) is 3.47. The molecule has 0 spiro atoms. The van der Waals surface area contributed by atoms with Crippen LogP contribution in [0.4, 0.5) is 0 Å². The summed E-state index contributed by atoms with van der Waals surface area (Å²) in [7, 11) is 1.47. The van der Waals surface area contributed by atoms with E-state index in [4.69, 9.17) is 4.74 Å². The highest BCUT2D eigenvalue weighted by Gasteiger charge is 2.37. The van der Waals surface area contributed by atoms with Crippen LogP contribution in [0.5, 0.6) is 0 Å². The third-order valence-corrected chi connectivity index (χ3v) is 5.97. The molecule has 0 radical (unpaired) electrons. The topological polar surface area (TPSA) is 26.3 Å². The summed E-state index contributed by atoms with van der Waals surface area (Å²) in [5.41, 5.74) is 1.59. The zero-order valence-corrected chi connectivity index (χ0v) is 16.0. The maximum atomic E-state index is 12.7. The second-order valence-corrected chi connectivity index (χ2v) is 8.20. The Kier molecular flexibility index (Phi) is 4.96. The molecule has 130 valence electrons. The van der Waals surface area contributed by atoms with Crippen molar-refractivity contribution in [1.82, 2.24) is 0 Å². The maximum absolute atomic E-state index is 12.7. The van der Waals surface area contributed by atoms with Crippen molar-refractivity contribution in [2.75, 3.05) is 7.11 Å². The average Bonchev–Trinajstić information content (AvgIpc) is 3.02. The van der Waals surface area contributed by atoms with Crippen molar-refractivity contribution in [3.8, 4) is 0 Å². The summed E-state index contributed by atoms with van der Waals surface area (Å²) in [6.07, 6.45) is 0.639.